The zero-order chi connectivity index (χ0) is 14.0. The Hall–Kier alpha value is -0.960. The number of hydrogen-bond acceptors (Lipinski definition) is 1. The van der Waals surface area contributed by atoms with Crippen LogP contribution >= 0.6 is 0 Å². The smallest absolute Gasteiger partial charge is 0.163 e. The van der Waals surface area contributed by atoms with E-state index in [1.54, 1.807) is 6.07 Å². The van der Waals surface area contributed by atoms with Gasteiger partial charge in [0.1, 0.15) is 0 Å². The van der Waals surface area contributed by atoms with Gasteiger partial charge in [-0.25, -0.2) is 8.78 Å². The molecule has 1 nitrogen and oxygen atoms in total. The van der Waals surface area contributed by atoms with E-state index in [1.165, 1.54) is 6.07 Å². The summed E-state index contributed by atoms with van der Waals surface area (Å²) in [7, 11) is 0. The summed E-state index contributed by atoms with van der Waals surface area (Å²) in [5, 5.41) is 3.29. The summed E-state index contributed by atoms with van der Waals surface area (Å²) in [5.74, 6) is -1.54. The first-order valence-corrected chi connectivity index (χ1v) is 6.29. The van der Waals surface area contributed by atoms with Crippen molar-refractivity contribution in [1.29, 1.82) is 0 Å². The molecule has 0 bridgehead atoms. The molecule has 0 atom stereocenters. The van der Waals surface area contributed by atoms with Crippen molar-refractivity contribution in [2.75, 3.05) is 0 Å². The fourth-order valence-electron chi connectivity index (χ4n) is 2.41. The van der Waals surface area contributed by atoms with Crippen LogP contribution in [0.25, 0.3) is 0 Å². The lowest BCUT2D eigenvalue weighted by molar-refractivity contribution is 0.240. The summed E-state index contributed by atoms with van der Waals surface area (Å²) in [6, 6.07) is 4.28. The molecule has 0 amide bonds. The zero-order valence-electron chi connectivity index (χ0n) is 11.9. The fourth-order valence-corrected chi connectivity index (χ4v) is 2.41. The molecule has 0 saturated carbocycles. The third kappa shape index (κ3) is 4.73. The topological polar surface area (TPSA) is 12.0 Å². The molecule has 0 fully saturated rings. The van der Waals surface area contributed by atoms with Gasteiger partial charge in [0.2, 0.25) is 0 Å². The number of benzene rings is 1. The van der Waals surface area contributed by atoms with Crippen LogP contribution in [0.3, 0.4) is 0 Å². The molecule has 0 unspecified atom stereocenters. The molecule has 0 saturated heterocycles. The van der Waals surface area contributed by atoms with Crippen LogP contribution in [0, 0.1) is 17.0 Å². The molecular formula is C15H23F2N. The number of halogens is 2. The van der Waals surface area contributed by atoms with Gasteiger partial charge in [0.15, 0.2) is 11.6 Å². The van der Waals surface area contributed by atoms with E-state index in [2.05, 4.69) is 39.9 Å². The Morgan fingerprint density at radius 3 is 2.22 bits per heavy atom. The summed E-state index contributed by atoms with van der Waals surface area (Å²) in [5.41, 5.74) is 0.450. The molecule has 3 heteroatoms. The summed E-state index contributed by atoms with van der Waals surface area (Å²) in [6.07, 6.45) is 0.955. The Balaban J connectivity index is 2.67. The van der Waals surface area contributed by atoms with E-state index in [4.69, 9.17) is 0 Å². The third-order valence-electron chi connectivity index (χ3n) is 2.76. The van der Waals surface area contributed by atoms with Gasteiger partial charge in [0, 0.05) is 17.6 Å². The first-order chi connectivity index (χ1) is 8.11. The van der Waals surface area contributed by atoms with Crippen LogP contribution in [-0.4, -0.2) is 5.54 Å². The standard InChI is InChI=1S/C15H23F2N/c1-14(2,3)10-15(4,5)18-9-11-7-6-8-12(16)13(11)17/h6-8,18H,9-10H2,1-5H3. The van der Waals surface area contributed by atoms with Crippen molar-refractivity contribution in [2.45, 2.75) is 53.1 Å². The maximum atomic E-state index is 13.5. The van der Waals surface area contributed by atoms with E-state index >= 15 is 0 Å². The second-order valence-electron chi connectivity index (χ2n) is 6.69. The lowest BCUT2D eigenvalue weighted by Crippen LogP contribution is -2.42. The Labute approximate surface area is 109 Å². The third-order valence-corrected chi connectivity index (χ3v) is 2.76. The normalized spacial score (nSPS) is 12.8. The first kappa shape index (κ1) is 15.1. The van der Waals surface area contributed by atoms with E-state index in [-0.39, 0.29) is 11.0 Å². The van der Waals surface area contributed by atoms with Crippen LogP contribution in [0.1, 0.15) is 46.6 Å². The van der Waals surface area contributed by atoms with Gasteiger partial charge in [0.25, 0.3) is 0 Å². The summed E-state index contributed by atoms with van der Waals surface area (Å²) < 4.78 is 26.6. The van der Waals surface area contributed by atoms with Crippen molar-refractivity contribution < 1.29 is 8.78 Å². The molecule has 0 aromatic heterocycles. The van der Waals surface area contributed by atoms with Gasteiger partial charge >= 0.3 is 0 Å². The van der Waals surface area contributed by atoms with Gasteiger partial charge in [-0.15, -0.1) is 0 Å². The minimum atomic E-state index is -0.789. The molecule has 0 radical (unpaired) electrons. The lowest BCUT2D eigenvalue weighted by Gasteiger charge is -2.33. The van der Waals surface area contributed by atoms with Crippen molar-refractivity contribution in [2.24, 2.45) is 5.41 Å². The second kappa shape index (κ2) is 5.35. The van der Waals surface area contributed by atoms with Crippen molar-refractivity contribution in [3.63, 3.8) is 0 Å². The van der Waals surface area contributed by atoms with Crippen molar-refractivity contribution in [1.82, 2.24) is 5.32 Å². The Kier molecular flexibility index (Phi) is 4.49. The molecular weight excluding hydrogens is 232 g/mol. The highest BCUT2D eigenvalue weighted by Gasteiger charge is 2.25. The Morgan fingerprint density at radius 2 is 1.67 bits per heavy atom. The minimum absolute atomic E-state index is 0.114. The maximum absolute atomic E-state index is 13.5. The Morgan fingerprint density at radius 1 is 1.06 bits per heavy atom. The summed E-state index contributed by atoms with van der Waals surface area (Å²) in [4.78, 5) is 0. The molecule has 1 N–H and O–H groups in total. The van der Waals surface area contributed by atoms with Gasteiger partial charge in [-0.2, -0.15) is 0 Å². The second-order valence-corrected chi connectivity index (χ2v) is 6.69. The van der Waals surface area contributed by atoms with Crippen LogP contribution in [0.2, 0.25) is 0 Å². The fraction of sp³-hybridized carbons (Fsp3) is 0.600. The number of hydrogen-bond donors (Lipinski definition) is 1. The van der Waals surface area contributed by atoms with Gasteiger partial charge < -0.3 is 5.32 Å². The van der Waals surface area contributed by atoms with Crippen molar-refractivity contribution in [3.8, 4) is 0 Å². The van der Waals surface area contributed by atoms with Crippen LogP contribution in [-0.2, 0) is 6.54 Å². The summed E-state index contributed by atoms with van der Waals surface area (Å²) in [6.45, 7) is 11.0. The molecule has 0 aliphatic rings. The summed E-state index contributed by atoms with van der Waals surface area (Å²) >= 11 is 0. The van der Waals surface area contributed by atoms with Gasteiger partial charge in [-0.1, -0.05) is 32.9 Å². The highest BCUT2D eigenvalue weighted by atomic mass is 19.2. The van der Waals surface area contributed by atoms with Crippen LogP contribution in [0.4, 0.5) is 8.78 Å². The van der Waals surface area contributed by atoms with Crippen LogP contribution in [0.5, 0.6) is 0 Å². The van der Waals surface area contributed by atoms with E-state index in [0.717, 1.165) is 12.5 Å². The van der Waals surface area contributed by atoms with Gasteiger partial charge in [-0.3, -0.25) is 0 Å². The van der Waals surface area contributed by atoms with Crippen molar-refractivity contribution in [3.05, 3.63) is 35.4 Å². The maximum Gasteiger partial charge on any atom is 0.163 e. The van der Waals surface area contributed by atoms with E-state index in [0.29, 0.717) is 12.1 Å². The van der Waals surface area contributed by atoms with E-state index in [9.17, 15) is 8.78 Å². The van der Waals surface area contributed by atoms with E-state index < -0.39 is 11.6 Å². The first-order valence-electron chi connectivity index (χ1n) is 6.29. The number of rotatable bonds is 4. The largest absolute Gasteiger partial charge is 0.308 e. The average molecular weight is 255 g/mol. The SMILES string of the molecule is CC(C)(C)CC(C)(C)NCc1cccc(F)c1F. The molecule has 18 heavy (non-hydrogen) atoms. The average Bonchev–Trinajstić information content (AvgIpc) is 2.17. The molecule has 102 valence electrons. The molecule has 0 spiro atoms. The van der Waals surface area contributed by atoms with Gasteiger partial charge in [0.05, 0.1) is 0 Å². The molecule has 1 aromatic carbocycles. The van der Waals surface area contributed by atoms with Crippen molar-refractivity contribution >= 4 is 0 Å². The van der Waals surface area contributed by atoms with Crippen LogP contribution in [0.15, 0.2) is 18.2 Å². The monoisotopic (exact) mass is 255 g/mol. The quantitative estimate of drug-likeness (QED) is 0.847. The van der Waals surface area contributed by atoms with Gasteiger partial charge in [-0.05, 0) is 31.7 Å². The van der Waals surface area contributed by atoms with Crippen LogP contribution < -0.4 is 5.32 Å². The predicted molar refractivity (Wildman–Crippen MR) is 71.3 cm³/mol. The molecule has 0 heterocycles. The molecule has 0 aliphatic carbocycles. The molecule has 1 aromatic rings. The predicted octanol–water partition coefficient (Wildman–Crippen LogP) is 4.27. The van der Waals surface area contributed by atoms with E-state index in [1.807, 2.05) is 0 Å². The Bertz CT molecular complexity index is 405. The highest BCUT2D eigenvalue weighted by molar-refractivity contribution is 5.19. The molecule has 1 rings (SSSR count). The zero-order valence-corrected chi connectivity index (χ0v) is 11.9. The number of nitrogens with one attached hydrogen (secondary N) is 1. The lowest BCUT2D eigenvalue weighted by atomic mass is 9.82. The minimum Gasteiger partial charge on any atom is -0.308 e. The molecule has 0 aliphatic heterocycles. The highest BCUT2D eigenvalue weighted by Crippen LogP contribution is 2.27.